The van der Waals surface area contributed by atoms with Crippen molar-refractivity contribution in [3.8, 4) is 0 Å². The average molecular weight is 325 g/mol. The van der Waals surface area contributed by atoms with Crippen LogP contribution in [0.15, 0.2) is 22.7 Å². The Morgan fingerprint density at radius 2 is 2.05 bits per heavy atom. The number of anilines is 1. The van der Waals surface area contributed by atoms with Crippen molar-refractivity contribution in [3.05, 3.63) is 28.2 Å². The summed E-state index contributed by atoms with van der Waals surface area (Å²) in [6.45, 7) is 3.47. The molecule has 1 saturated heterocycles. The molecular weight excluding hydrogens is 312 g/mol. The number of nitrogens with zero attached hydrogens (tertiary/aromatic N) is 1. The van der Waals surface area contributed by atoms with E-state index in [-0.39, 0.29) is 18.4 Å². The zero-order chi connectivity index (χ0) is 14.2. The standard InChI is InChI=1S/C13H13BrN2O3/c1-13(2)12(19)15-11(18)6-16(13)10-4-3-9(14)5-8(10)7-17/h3-5,7H,6H2,1-2H3,(H,15,18,19). The van der Waals surface area contributed by atoms with E-state index in [1.807, 2.05) is 0 Å². The lowest BCUT2D eigenvalue weighted by Crippen LogP contribution is -2.64. The Kier molecular flexibility index (Phi) is 3.45. The predicted octanol–water partition coefficient (Wildman–Crippen LogP) is 1.50. The third-order valence-electron chi connectivity index (χ3n) is 3.19. The van der Waals surface area contributed by atoms with Crippen LogP contribution in [0.5, 0.6) is 0 Å². The summed E-state index contributed by atoms with van der Waals surface area (Å²) in [7, 11) is 0. The smallest absolute Gasteiger partial charge is 0.251 e. The predicted molar refractivity (Wildman–Crippen MR) is 74.1 cm³/mol. The molecule has 2 rings (SSSR count). The van der Waals surface area contributed by atoms with E-state index in [1.165, 1.54) is 0 Å². The van der Waals surface area contributed by atoms with Gasteiger partial charge >= 0.3 is 0 Å². The van der Waals surface area contributed by atoms with Crippen molar-refractivity contribution in [2.75, 3.05) is 11.4 Å². The second-order valence-corrected chi connectivity index (χ2v) is 5.76. The minimum absolute atomic E-state index is 0.0429. The van der Waals surface area contributed by atoms with Gasteiger partial charge in [0.15, 0.2) is 6.29 Å². The quantitative estimate of drug-likeness (QED) is 0.661. The fraction of sp³-hybridized carbons (Fsp3) is 0.308. The molecule has 6 heteroatoms. The minimum atomic E-state index is -0.889. The number of hydrogen-bond donors (Lipinski definition) is 1. The molecule has 1 aliphatic rings. The van der Waals surface area contributed by atoms with Gasteiger partial charge in [0.1, 0.15) is 5.54 Å². The van der Waals surface area contributed by atoms with Crippen molar-refractivity contribution in [1.82, 2.24) is 5.32 Å². The summed E-state index contributed by atoms with van der Waals surface area (Å²) in [5.41, 5.74) is 0.121. The van der Waals surface area contributed by atoms with Crippen molar-refractivity contribution in [3.63, 3.8) is 0 Å². The molecular formula is C13H13BrN2O3. The summed E-state index contributed by atoms with van der Waals surface area (Å²) in [5, 5.41) is 2.30. The first kappa shape index (κ1) is 13.7. The molecule has 1 aromatic carbocycles. The maximum Gasteiger partial charge on any atom is 0.251 e. The topological polar surface area (TPSA) is 66.5 Å². The molecule has 1 heterocycles. The van der Waals surface area contributed by atoms with Gasteiger partial charge in [-0.3, -0.25) is 19.7 Å². The normalized spacial score (nSPS) is 18.2. The molecule has 0 atom stereocenters. The van der Waals surface area contributed by atoms with Gasteiger partial charge in [0.05, 0.1) is 6.54 Å². The van der Waals surface area contributed by atoms with E-state index >= 15 is 0 Å². The highest BCUT2D eigenvalue weighted by atomic mass is 79.9. The van der Waals surface area contributed by atoms with Crippen molar-refractivity contribution < 1.29 is 14.4 Å². The number of rotatable bonds is 2. The Hall–Kier alpha value is -1.69. The maximum atomic E-state index is 11.9. The summed E-state index contributed by atoms with van der Waals surface area (Å²) >= 11 is 3.29. The molecule has 5 nitrogen and oxygen atoms in total. The largest absolute Gasteiger partial charge is 0.347 e. The average Bonchev–Trinajstić information content (AvgIpc) is 2.34. The lowest BCUT2D eigenvalue weighted by atomic mass is 9.96. The zero-order valence-electron chi connectivity index (χ0n) is 10.6. The highest BCUT2D eigenvalue weighted by Gasteiger charge is 2.41. The van der Waals surface area contributed by atoms with Crippen LogP contribution in [-0.2, 0) is 9.59 Å². The summed E-state index contributed by atoms with van der Waals surface area (Å²) in [6, 6.07) is 5.16. The summed E-state index contributed by atoms with van der Waals surface area (Å²) < 4.78 is 0.768. The number of carbonyl (C=O) groups is 3. The molecule has 1 fully saturated rings. The summed E-state index contributed by atoms with van der Waals surface area (Å²) in [5.74, 6) is -0.743. The van der Waals surface area contributed by atoms with E-state index in [4.69, 9.17) is 0 Å². The van der Waals surface area contributed by atoms with E-state index in [2.05, 4.69) is 21.2 Å². The van der Waals surface area contributed by atoms with Crippen LogP contribution < -0.4 is 10.2 Å². The molecule has 0 bridgehead atoms. The van der Waals surface area contributed by atoms with E-state index in [0.29, 0.717) is 17.5 Å². The van der Waals surface area contributed by atoms with Gasteiger partial charge < -0.3 is 4.90 Å². The Bertz CT molecular complexity index is 569. The van der Waals surface area contributed by atoms with Crippen LogP contribution in [0.1, 0.15) is 24.2 Å². The lowest BCUT2D eigenvalue weighted by Gasteiger charge is -2.42. The third kappa shape index (κ3) is 2.40. The molecule has 0 aromatic heterocycles. The second kappa shape index (κ2) is 4.77. The summed E-state index contributed by atoms with van der Waals surface area (Å²) in [6.07, 6.45) is 0.715. The minimum Gasteiger partial charge on any atom is -0.347 e. The first-order valence-electron chi connectivity index (χ1n) is 5.73. The van der Waals surface area contributed by atoms with Crippen LogP contribution in [0, 0.1) is 0 Å². The second-order valence-electron chi connectivity index (χ2n) is 4.84. The molecule has 1 N–H and O–H groups in total. The van der Waals surface area contributed by atoms with Crippen molar-refractivity contribution >= 4 is 39.7 Å². The number of piperazine rings is 1. The van der Waals surface area contributed by atoms with E-state index in [1.54, 1.807) is 36.9 Å². The first-order valence-corrected chi connectivity index (χ1v) is 6.52. The third-order valence-corrected chi connectivity index (χ3v) is 3.69. The van der Waals surface area contributed by atoms with Crippen molar-refractivity contribution in [2.24, 2.45) is 0 Å². The van der Waals surface area contributed by atoms with Crippen molar-refractivity contribution in [1.29, 1.82) is 0 Å². The van der Waals surface area contributed by atoms with Crippen LogP contribution in [-0.4, -0.2) is 30.2 Å². The number of carbonyl (C=O) groups excluding carboxylic acids is 3. The number of hydrogen-bond acceptors (Lipinski definition) is 4. The van der Waals surface area contributed by atoms with Gasteiger partial charge in [-0.25, -0.2) is 0 Å². The molecule has 100 valence electrons. The number of nitrogens with one attached hydrogen (secondary N) is 1. The highest BCUT2D eigenvalue weighted by Crippen LogP contribution is 2.30. The molecule has 19 heavy (non-hydrogen) atoms. The first-order chi connectivity index (χ1) is 8.86. The Morgan fingerprint density at radius 1 is 1.37 bits per heavy atom. The maximum absolute atomic E-state index is 11.9. The molecule has 0 unspecified atom stereocenters. The van der Waals surface area contributed by atoms with E-state index in [9.17, 15) is 14.4 Å². The fourth-order valence-corrected chi connectivity index (χ4v) is 2.41. The van der Waals surface area contributed by atoms with Gasteiger partial charge in [-0.05, 0) is 32.0 Å². The number of amides is 2. The molecule has 2 amide bonds. The Morgan fingerprint density at radius 3 is 2.68 bits per heavy atom. The molecule has 1 aromatic rings. The number of halogens is 1. The molecule has 0 saturated carbocycles. The number of imide groups is 1. The Balaban J connectivity index is 2.52. The number of benzene rings is 1. The van der Waals surface area contributed by atoms with Gasteiger partial charge in [-0.15, -0.1) is 0 Å². The van der Waals surface area contributed by atoms with Crippen LogP contribution >= 0.6 is 15.9 Å². The molecule has 1 aliphatic heterocycles. The Labute approximate surface area is 119 Å². The monoisotopic (exact) mass is 324 g/mol. The van der Waals surface area contributed by atoms with Gasteiger partial charge in [-0.1, -0.05) is 15.9 Å². The fourth-order valence-electron chi connectivity index (χ4n) is 2.03. The zero-order valence-corrected chi connectivity index (χ0v) is 12.2. The molecule has 0 radical (unpaired) electrons. The molecule has 0 aliphatic carbocycles. The van der Waals surface area contributed by atoms with Crippen LogP contribution in [0.3, 0.4) is 0 Å². The van der Waals surface area contributed by atoms with Gasteiger partial charge in [0.2, 0.25) is 5.91 Å². The van der Waals surface area contributed by atoms with E-state index < -0.39 is 5.54 Å². The summed E-state index contributed by atoms with van der Waals surface area (Å²) in [4.78, 5) is 36.3. The van der Waals surface area contributed by atoms with E-state index in [0.717, 1.165) is 4.47 Å². The highest BCUT2D eigenvalue weighted by molar-refractivity contribution is 9.10. The van der Waals surface area contributed by atoms with Crippen LogP contribution in [0.25, 0.3) is 0 Å². The SMILES string of the molecule is CC1(C)C(=O)NC(=O)CN1c1ccc(Br)cc1C=O. The molecule has 0 spiro atoms. The van der Waals surface area contributed by atoms with Gasteiger partial charge in [-0.2, -0.15) is 0 Å². The van der Waals surface area contributed by atoms with Gasteiger partial charge in [0, 0.05) is 15.7 Å². The number of aldehydes is 1. The van der Waals surface area contributed by atoms with Gasteiger partial charge in [0.25, 0.3) is 5.91 Å². The van der Waals surface area contributed by atoms with Crippen molar-refractivity contribution in [2.45, 2.75) is 19.4 Å². The lowest BCUT2D eigenvalue weighted by molar-refractivity contribution is -0.135. The van der Waals surface area contributed by atoms with Crippen LogP contribution in [0.4, 0.5) is 5.69 Å². The van der Waals surface area contributed by atoms with Crippen LogP contribution in [0.2, 0.25) is 0 Å².